The van der Waals surface area contributed by atoms with Crippen LogP contribution in [0.4, 0.5) is 5.69 Å². The van der Waals surface area contributed by atoms with Gasteiger partial charge in [0, 0.05) is 10.6 Å². The fraction of sp³-hybridized carbons (Fsp3) is 0.130. The minimum Gasteiger partial charge on any atom is -0.466 e. The van der Waals surface area contributed by atoms with E-state index in [0.717, 1.165) is 7.11 Å². The third-order valence-corrected chi connectivity index (χ3v) is 5.63. The van der Waals surface area contributed by atoms with E-state index in [9.17, 15) is 14.9 Å². The van der Waals surface area contributed by atoms with E-state index in [2.05, 4.69) is 26.7 Å². The summed E-state index contributed by atoms with van der Waals surface area (Å²) in [6, 6.07) is 15.5. The Kier molecular flexibility index (Phi) is 6.48. The van der Waals surface area contributed by atoms with Gasteiger partial charge in [-0.15, -0.1) is 10.2 Å². The summed E-state index contributed by atoms with van der Waals surface area (Å²) >= 11 is 6.29. The molecular formula is C23H18ClN7O4. The van der Waals surface area contributed by atoms with Crippen molar-refractivity contribution in [3.63, 3.8) is 0 Å². The Morgan fingerprint density at radius 2 is 1.86 bits per heavy atom. The molecule has 0 spiro atoms. The van der Waals surface area contributed by atoms with Crippen molar-refractivity contribution in [2.24, 2.45) is 5.73 Å². The summed E-state index contributed by atoms with van der Waals surface area (Å²) in [5, 5.41) is 24.4. The maximum Gasteiger partial charge on any atom is 0.355 e. The molecule has 12 heteroatoms. The summed E-state index contributed by atoms with van der Waals surface area (Å²) in [5.74, 6) is -2.66. The first-order chi connectivity index (χ1) is 16.9. The highest BCUT2D eigenvalue weighted by molar-refractivity contribution is 6.31. The Hall–Kier alpha value is -4.69. The SMILES string of the molecule is COC(=O)C1=C(C(=O)OC)N(c2cc(Cl)ccc2-c2nn[nH]n2)C(N)=C(C#N)C1c1ccccc1. The minimum absolute atomic E-state index is 0.0169. The van der Waals surface area contributed by atoms with Crippen molar-refractivity contribution in [3.8, 4) is 17.5 Å². The first-order valence-corrected chi connectivity index (χ1v) is 10.5. The molecule has 0 saturated carbocycles. The van der Waals surface area contributed by atoms with Crippen LogP contribution in [0.3, 0.4) is 0 Å². The largest absolute Gasteiger partial charge is 0.466 e. The molecule has 3 N–H and O–H groups in total. The molecule has 0 bridgehead atoms. The van der Waals surface area contributed by atoms with Crippen LogP contribution >= 0.6 is 11.6 Å². The smallest absolute Gasteiger partial charge is 0.355 e. The average molecular weight is 492 g/mol. The zero-order chi connectivity index (χ0) is 25.1. The second kappa shape index (κ2) is 9.66. The number of hydrogen-bond acceptors (Lipinski definition) is 10. The Labute approximate surface area is 204 Å². The van der Waals surface area contributed by atoms with Gasteiger partial charge in [0.1, 0.15) is 11.5 Å². The molecule has 2 heterocycles. The van der Waals surface area contributed by atoms with Crippen molar-refractivity contribution in [1.29, 1.82) is 5.26 Å². The van der Waals surface area contributed by atoms with Gasteiger partial charge in [-0.1, -0.05) is 41.9 Å². The summed E-state index contributed by atoms with van der Waals surface area (Å²) < 4.78 is 10.1. The number of aromatic nitrogens is 4. The minimum atomic E-state index is -0.994. The van der Waals surface area contributed by atoms with Crippen molar-refractivity contribution in [1.82, 2.24) is 20.6 Å². The third kappa shape index (κ3) is 4.07. The number of halogens is 1. The molecule has 11 nitrogen and oxygen atoms in total. The molecule has 0 amide bonds. The number of nitrogens with two attached hydrogens (primary N) is 1. The topological polar surface area (TPSA) is 160 Å². The normalized spacial score (nSPS) is 15.6. The standard InChI is InChI=1S/C23H18ClN7O4/c1-34-22(32)18-17(12-6-4-3-5-7-12)15(11-25)20(26)31(19(18)23(33)35-2)16-10-13(24)8-9-14(16)21-27-29-30-28-21/h3-10,17H,26H2,1-2H3,(H,27,28,29,30). The fourth-order valence-electron chi connectivity index (χ4n) is 3.92. The van der Waals surface area contributed by atoms with Gasteiger partial charge in [-0.3, -0.25) is 4.90 Å². The summed E-state index contributed by atoms with van der Waals surface area (Å²) in [7, 11) is 2.34. The molecule has 4 rings (SSSR count). The molecule has 176 valence electrons. The third-order valence-electron chi connectivity index (χ3n) is 5.40. The number of nitrogens with zero attached hydrogens (tertiary/aromatic N) is 5. The number of nitriles is 1. The van der Waals surface area contributed by atoms with E-state index in [4.69, 9.17) is 26.8 Å². The molecule has 2 aromatic carbocycles. The summed E-state index contributed by atoms with van der Waals surface area (Å²) in [5.41, 5.74) is 7.32. The van der Waals surface area contributed by atoms with Crippen molar-refractivity contribution in [3.05, 3.63) is 81.8 Å². The molecular weight excluding hydrogens is 474 g/mol. The number of aromatic amines is 1. The molecule has 35 heavy (non-hydrogen) atoms. The second-order valence-corrected chi connectivity index (χ2v) is 7.67. The van der Waals surface area contributed by atoms with Crippen LogP contribution in [-0.2, 0) is 19.1 Å². The van der Waals surface area contributed by atoms with Gasteiger partial charge in [0.2, 0.25) is 5.82 Å². The number of carbonyl (C=O) groups excluding carboxylic acids is 2. The Bertz CT molecular complexity index is 1390. The number of benzene rings is 2. The molecule has 0 fully saturated rings. The number of ether oxygens (including phenoxy) is 2. The first kappa shape index (κ1) is 23.5. The average Bonchev–Trinajstić information content (AvgIpc) is 3.42. The molecule has 1 aliphatic rings. The quantitative estimate of drug-likeness (QED) is 0.507. The van der Waals surface area contributed by atoms with Crippen LogP contribution in [0.5, 0.6) is 0 Å². The van der Waals surface area contributed by atoms with Gasteiger partial charge in [0.15, 0.2) is 0 Å². The number of nitrogens with one attached hydrogen (secondary N) is 1. The van der Waals surface area contributed by atoms with E-state index in [1.807, 2.05) is 0 Å². The van der Waals surface area contributed by atoms with Crippen LogP contribution in [0.15, 0.2) is 71.2 Å². The monoisotopic (exact) mass is 491 g/mol. The number of carbonyl (C=O) groups is 2. The molecule has 1 unspecified atom stereocenters. The van der Waals surface area contributed by atoms with Crippen LogP contribution in [-0.4, -0.2) is 46.8 Å². The van der Waals surface area contributed by atoms with Crippen LogP contribution in [0.1, 0.15) is 11.5 Å². The highest BCUT2D eigenvalue weighted by Gasteiger charge is 2.43. The van der Waals surface area contributed by atoms with Gasteiger partial charge in [-0.25, -0.2) is 9.59 Å². The molecule has 0 aliphatic carbocycles. The lowest BCUT2D eigenvalue weighted by atomic mass is 9.80. The van der Waals surface area contributed by atoms with Gasteiger partial charge in [-0.05, 0) is 29.0 Å². The predicted octanol–water partition coefficient (Wildman–Crippen LogP) is 2.42. The van der Waals surface area contributed by atoms with E-state index in [1.165, 1.54) is 18.1 Å². The molecule has 0 radical (unpaired) electrons. The highest BCUT2D eigenvalue weighted by Crippen LogP contribution is 2.45. The molecule has 1 aliphatic heterocycles. The van der Waals surface area contributed by atoms with Gasteiger partial charge >= 0.3 is 11.9 Å². The molecule has 3 aromatic rings. The van der Waals surface area contributed by atoms with Crippen LogP contribution in [0.2, 0.25) is 5.02 Å². The maximum absolute atomic E-state index is 13.2. The number of H-pyrrole nitrogens is 1. The lowest BCUT2D eigenvalue weighted by Crippen LogP contribution is -2.41. The van der Waals surface area contributed by atoms with E-state index >= 15 is 0 Å². The van der Waals surface area contributed by atoms with Gasteiger partial charge < -0.3 is 15.2 Å². The fourth-order valence-corrected chi connectivity index (χ4v) is 4.08. The number of methoxy groups -OCH3 is 2. The van der Waals surface area contributed by atoms with Crippen LogP contribution < -0.4 is 10.6 Å². The van der Waals surface area contributed by atoms with Crippen molar-refractivity contribution in [2.45, 2.75) is 5.92 Å². The van der Waals surface area contributed by atoms with Crippen molar-refractivity contribution < 1.29 is 19.1 Å². The Balaban J connectivity index is 2.11. The molecule has 1 atom stereocenters. The first-order valence-electron chi connectivity index (χ1n) is 10.1. The van der Waals surface area contributed by atoms with Gasteiger partial charge in [-0.2, -0.15) is 10.5 Å². The van der Waals surface area contributed by atoms with Crippen LogP contribution in [0.25, 0.3) is 11.4 Å². The van der Waals surface area contributed by atoms with E-state index in [-0.39, 0.29) is 39.2 Å². The van der Waals surface area contributed by atoms with E-state index < -0.39 is 17.9 Å². The lowest BCUT2D eigenvalue weighted by Gasteiger charge is -2.36. The van der Waals surface area contributed by atoms with Crippen molar-refractivity contribution in [2.75, 3.05) is 19.1 Å². The predicted molar refractivity (Wildman–Crippen MR) is 124 cm³/mol. The van der Waals surface area contributed by atoms with E-state index in [0.29, 0.717) is 11.1 Å². The van der Waals surface area contributed by atoms with Crippen molar-refractivity contribution >= 4 is 29.2 Å². The highest BCUT2D eigenvalue weighted by atomic mass is 35.5. The maximum atomic E-state index is 13.2. The van der Waals surface area contributed by atoms with Crippen LogP contribution in [0, 0.1) is 11.3 Å². The number of rotatable bonds is 5. The molecule has 0 saturated heterocycles. The number of allylic oxidation sites excluding steroid dienone is 1. The summed E-state index contributed by atoms with van der Waals surface area (Å²) in [6.07, 6.45) is 0. The van der Waals surface area contributed by atoms with Gasteiger partial charge in [0.05, 0.1) is 43.0 Å². The number of hydrogen-bond donors (Lipinski definition) is 2. The Morgan fingerprint density at radius 1 is 1.14 bits per heavy atom. The van der Waals surface area contributed by atoms with E-state index in [1.54, 1.807) is 42.5 Å². The number of anilines is 1. The lowest BCUT2D eigenvalue weighted by molar-refractivity contribution is -0.139. The Morgan fingerprint density at radius 3 is 2.46 bits per heavy atom. The number of tetrazole rings is 1. The summed E-state index contributed by atoms with van der Waals surface area (Å²) in [6.45, 7) is 0. The second-order valence-electron chi connectivity index (χ2n) is 7.23. The van der Waals surface area contributed by atoms with Gasteiger partial charge in [0.25, 0.3) is 0 Å². The number of esters is 2. The zero-order valence-corrected chi connectivity index (χ0v) is 19.3. The summed E-state index contributed by atoms with van der Waals surface area (Å²) in [4.78, 5) is 27.6. The zero-order valence-electron chi connectivity index (χ0n) is 18.5. The molecule has 1 aromatic heterocycles.